The Morgan fingerprint density at radius 2 is 1.86 bits per heavy atom. The lowest BCUT2D eigenvalue weighted by atomic mass is 10.0. The molecule has 2 rings (SSSR count). The van der Waals surface area contributed by atoms with Crippen molar-refractivity contribution in [1.82, 2.24) is 10.3 Å². The van der Waals surface area contributed by atoms with Crippen LogP contribution in [0.3, 0.4) is 0 Å². The van der Waals surface area contributed by atoms with Crippen molar-refractivity contribution >= 4 is 16.9 Å². The van der Waals surface area contributed by atoms with Gasteiger partial charge in [0.05, 0.1) is 10.9 Å². The number of nitrogens with one attached hydrogen (secondary N) is 2. The van der Waals surface area contributed by atoms with Crippen molar-refractivity contribution in [3.05, 3.63) is 30.0 Å². The summed E-state index contributed by atoms with van der Waals surface area (Å²) in [6, 6.07) is 4.14. The summed E-state index contributed by atoms with van der Waals surface area (Å²) >= 11 is 0. The Balaban J connectivity index is 0.00000143. The average Bonchev–Trinajstić information content (AvgIpc) is 3.14. The summed E-state index contributed by atoms with van der Waals surface area (Å²) in [7, 11) is 4.75. The third-order valence-electron chi connectivity index (χ3n) is 3.97. The van der Waals surface area contributed by atoms with Crippen LogP contribution in [-0.2, 0) is 15.5 Å². The molecule has 2 atom stereocenters. The number of aromatic amines is 1. The second-order valence-corrected chi connectivity index (χ2v) is 6.15. The number of ether oxygens (including phenoxy) is 2. The number of aromatic nitrogens is 1. The maximum absolute atomic E-state index is 11.8. The van der Waals surface area contributed by atoms with E-state index in [0.717, 1.165) is 13.5 Å². The number of carbonyl (C=O) groups excluding carboxylic acids is 1. The number of hydrogen-bond acceptors (Lipinski definition) is 9. The Kier molecular flexibility index (Phi) is 12.1. The molecule has 10 heteroatoms. The number of nitrogens with two attached hydrogens (primary N) is 1. The summed E-state index contributed by atoms with van der Waals surface area (Å²) < 4.78 is 10.4. The fraction of sp³-hybridized carbons (Fsp3) is 0.526. The molecule has 1 aromatic heterocycles. The minimum absolute atomic E-state index is 0.0176. The molecule has 0 spiro atoms. The summed E-state index contributed by atoms with van der Waals surface area (Å²) in [5.41, 5.74) is 6.12. The number of carbonyl (C=O) groups is 1. The van der Waals surface area contributed by atoms with E-state index >= 15 is 0 Å². The highest BCUT2D eigenvalue weighted by atomic mass is 16.7. The van der Waals surface area contributed by atoms with E-state index in [1.165, 1.54) is 6.20 Å². The number of H-pyrrole nitrogens is 1. The quantitative estimate of drug-likeness (QED) is 0.242. The number of benzene rings is 1. The third-order valence-corrected chi connectivity index (χ3v) is 3.97. The van der Waals surface area contributed by atoms with E-state index in [9.17, 15) is 20.1 Å². The predicted molar refractivity (Wildman–Crippen MR) is 109 cm³/mol. The van der Waals surface area contributed by atoms with Crippen LogP contribution in [0, 0.1) is 5.92 Å². The highest BCUT2D eigenvalue weighted by molar-refractivity contribution is 5.89. The number of aliphatic hydroxyl groups excluding tert-OH is 1. The smallest absolute Gasteiger partial charge is 0.326 e. The Labute approximate surface area is 170 Å². The standard InChI is InChI=1S/C16H22N2O6.C2H7N.CH4O/c1-3-9(2)14(17)15(19)24-8-23-12-6-4-5-11-13(12)10(7-18-11)16(20,21)22;1-3-2;1-2/h4-7,9,14,18,20-22H,3,8,17H2,1-2H3;3H,1-2H3;2H,1H3. The van der Waals surface area contributed by atoms with E-state index in [2.05, 4.69) is 10.3 Å². The van der Waals surface area contributed by atoms with Crippen molar-refractivity contribution in [2.45, 2.75) is 32.3 Å². The zero-order valence-electron chi connectivity index (χ0n) is 17.5. The lowest BCUT2D eigenvalue weighted by Crippen LogP contribution is -2.38. The number of fused-ring (bicyclic) bond motifs is 1. The topological polar surface area (TPSA) is 170 Å². The van der Waals surface area contributed by atoms with Crippen LogP contribution in [0.1, 0.15) is 25.8 Å². The molecule has 0 fully saturated rings. The molecule has 0 aliphatic rings. The van der Waals surface area contributed by atoms with Crippen molar-refractivity contribution in [1.29, 1.82) is 0 Å². The summed E-state index contributed by atoms with van der Waals surface area (Å²) in [5.74, 6) is -3.40. The van der Waals surface area contributed by atoms with E-state index in [-0.39, 0.29) is 29.4 Å². The van der Waals surface area contributed by atoms with Gasteiger partial charge in [-0.05, 0) is 32.1 Å². The largest absolute Gasteiger partial charge is 0.457 e. The van der Waals surface area contributed by atoms with Gasteiger partial charge in [-0.1, -0.05) is 26.3 Å². The molecular weight excluding hydrogens is 382 g/mol. The van der Waals surface area contributed by atoms with Gasteiger partial charge in [-0.3, -0.25) is 4.79 Å². The van der Waals surface area contributed by atoms with E-state index in [1.807, 2.05) is 27.9 Å². The van der Waals surface area contributed by atoms with E-state index in [4.69, 9.17) is 20.3 Å². The van der Waals surface area contributed by atoms with Gasteiger partial charge in [0.25, 0.3) is 0 Å². The van der Waals surface area contributed by atoms with Gasteiger partial charge in [0, 0.05) is 18.8 Å². The van der Waals surface area contributed by atoms with Crippen molar-refractivity contribution in [3.8, 4) is 5.75 Å². The minimum Gasteiger partial charge on any atom is -0.457 e. The van der Waals surface area contributed by atoms with Gasteiger partial charge in [-0.2, -0.15) is 0 Å². The fourth-order valence-electron chi connectivity index (χ4n) is 2.27. The molecule has 29 heavy (non-hydrogen) atoms. The van der Waals surface area contributed by atoms with Crippen LogP contribution >= 0.6 is 0 Å². The Bertz CT molecular complexity index is 728. The molecule has 1 heterocycles. The Morgan fingerprint density at radius 1 is 1.28 bits per heavy atom. The van der Waals surface area contributed by atoms with Gasteiger partial charge in [0.1, 0.15) is 11.8 Å². The minimum atomic E-state index is -3.02. The van der Waals surface area contributed by atoms with E-state index in [1.54, 1.807) is 18.2 Å². The SMILES string of the molecule is CCC(C)C(N)C(=O)OCOc1cccc2[nH]cc(C(O)(O)O)c12.CNC.CO. The first-order chi connectivity index (χ1) is 13.7. The van der Waals surface area contributed by atoms with E-state index < -0.39 is 18.0 Å². The molecule has 1 aromatic carbocycles. The molecule has 8 N–H and O–H groups in total. The first kappa shape index (κ1) is 26.8. The molecule has 0 aliphatic carbocycles. The van der Waals surface area contributed by atoms with Gasteiger partial charge in [0.2, 0.25) is 6.79 Å². The first-order valence-electron chi connectivity index (χ1n) is 9.03. The molecule has 0 saturated carbocycles. The van der Waals surface area contributed by atoms with Gasteiger partial charge in [-0.15, -0.1) is 0 Å². The van der Waals surface area contributed by atoms with Crippen LogP contribution in [0.15, 0.2) is 24.4 Å². The molecule has 0 amide bonds. The number of aliphatic hydroxyl groups is 4. The Morgan fingerprint density at radius 3 is 2.38 bits per heavy atom. The predicted octanol–water partition coefficient (Wildman–Crippen LogP) is -0.0479. The molecule has 0 bridgehead atoms. The zero-order valence-corrected chi connectivity index (χ0v) is 17.5. The van der Waals surface area contributed by atoms with Crippen LogP contribution < -0.4 is 15.8 Å². The monoisotopic (exact) mass is 415 g/mol. The number of esters is 1. The fourth-order valence-corrected chi connectivity index (χ4v) is 2.27. The molecule has 0 aliphatic heterocycles. The molecule has 2 unspecified atom stereocenters. The highest BCUT2D eigenvalue weighted by Gasteiger charge is 2.28. The second-order valence-electron chi connectivity index (χ2n) is 6.15. The van der Waals surface area contributed by atoms with Gasteiger partial charge in [-0.25, -0.2) is 0 Å². The normalized spacial score (nSPS) is 12.8. The maximum Gasteiger partial charge on any atom is 0.326 e. The molecule has 2 aromatic rings. The number of hydrogen-bond donors (Lipinski definition) is 7. The lowest BCUT2D eigenvalue weighted by Gasteiger charge is -2.18. The van der Waals surface area contributed by atoms with Crippen LogP contribution in [0.5, 0.6) is 5.75 Å². The second kappa shape index (κ2) is 13.1. The van der Waals surface area contributed by atoms with E-state index in [0.29, 0.717) is 5.52 Å². The Hall–Kier alpha value is -2.21. The van der Waals surface area contributed by atoms with Gasteiger partial charge in [0.15, 0.2) is 0 Å². The van der Waals surface area contributed by atoms with Crippen molar-refractivity contribution in [2.24, 2.45) is 11.7 Å². The maximum atomic E-state index is 11.8. The van der Waals surface area contributed by atoms with Crippen molar-refractivity contribution in [2.75, 3.05) is 28.0 Å². The molecular formula is C19H33N3O7. The van der Waals surface area contributed by atoms with Crippen LogP contribution in [0.2, 0.25) is 0 Å². The molecule has 166 valence electrons. The third kappa shape index (κ3) is 7.97. The van der Waals surface area contributed by atoms with Crippen LogP contribution in [0.25, 0.3) is 10.9 Å². The molecule has 0 radical (unpaired) electrons. The van der Waals surface area contributed by atoms with Crippen LogP contribution in [0.4, 0.5) is 0 Å². The van der Waals surface area contributed by atoms with Crippen molar-refractivity contribution in [3.63, 3.8) is 0 Å². The average molecular weight is 415 g/mol. The zero-order chi connectivity index (χ0) is 22.6. The summed E-state index contributed by atoms with van der Waals surface area (Å²) in [5, 5.41) is 38.2. The number of rotatable bonds is 7. The summed E-state index contributed by atoms with van der Waals surface area (Å²) in [6.07, 6.45) is 2.00. The molecule has 10 nitrogen and oxygen atoms in total. The highest BCUT2D eigenvalue weighted by Crippen LogP contribution is 2.33. The summed E-state index contributed by atoms with van der Waals surface area (Å²) in [6.45, 7) is 3.39. The van der Waals surface area contributed by atoms with Gasteiger partial charge >= 0.3 is 11.9 Å². The lowest BCUT2D eigenvalue weighted by molar-refractivity contribution is -0.322. The first-order valence-corrected chi connectivity index (χ1v) is 9.03. The summed E-state index contributed by atoms with van der Waals surface area (Å²) in [4.78, 5) is 14.6. The molecule has 0 saturated heterocycles. The van der Waals surface area contributed by atoms with Crippen molar-refractivity contribution < 1.29 is 34.7 Å². The van der Waals surface area contributed by atoms with Crippen LogP contribution in [-0.4, -0.2) is 65.4 Å². The van der Waals surface area contributed by atoms with Gasteiger partial charge < -0.3 is 45.9 Å².